The SMILES string of the molecule is NC(=O)NNC(=O)c1ccc2c(c1)COC2. The highest BCUT2D eigenvalue weighted by atomic mass is 16.5. The van der Waals surface area contributed by atoms with Crippen molar-refractivity contribution in [1.29, 1.82) is 0 Å². The molecular formula is C10H11N3O3. The third kappa shape index (κ3) is 2.12. The Balaban J connectivity index is 2.09. The fraction of sp³-hybridized carbons (Fsp3) is 0.200. The molecule has 0 aromatic heterocycles. The van der Waals surface area contributed by atoms with Crippen LogP contribution in [0.4, 0.5) is 4.79 Å². The maximum Gasteiger partial charge on any atom is 0.330 e. The lowest BCUT2D eigenvalue weighted by atomic mass is 10.1. The van der Waals surface area contributed by atoms with Gasteiger partial charge in [0.25, 0.3) is 5.91 Å². The average molecular weight is 221 g/mol. The number of hydrogen-bond donors (Lipinski definition) is 3. The van der Waals surface area contributed by atoms with Crippen molar-refractivity contribution in [2.24, 2.45) is 5.73 Å². The van der Waals surface area contributed by atoms with Crippen molar-refractivity contribution in [3.63, 3.8) is 0 Å². The summed E-state index contributed by atoms with van der Waals surface area (Å²) in [4.78, 5) is 21.9. The lowest BCUT2D eigenvalue weighted by molar-refractivity contribution is 0.0937. The molecule has 1 aromatic rings. The summed E-state index contributed by atoms with van der Waals surface area (Å²) in [5, 5.41) is 0. The summed E-state index contributed by atoms with van der Waals surface area (Å²) in [7, 11) is 0. The van der Waals surface area contributed by atoms with Crippen LogP contribution in [0.15, 0.2) is 18.2 Å². The fourth-order valence-corrected chi connectivity index (χ4v) is 1.50. The molecule has 1 aliphatic rings. The highest BCUT2D eigenvalue weighted by molar-refractivity contribution is 5.95. The molecule has 3 amide bonds. The number of urea groups is 1. The molecule has 0 saturated heterocycles. The van der Waals surface area contributed by atoms with Crippen LogP contribution in [0.25, 0.3) is 0 Å². The molecule has 84 valence electrons. The van der Waals surface area contributed by atoms with E-state index in [-0.39, 0.29) is 0 Å². The van der Waals surface area contributed by atoms with Crippen molar-refractivity contribution in [3.8, 4) is 0 Å². The van der Waals surface area contributed by atoms with Gasteiger partial charge in [0.05, 0.1) is 13.2 Å². The van der Waals surface area contributed by atoms with Gasteiger partial charge >= 0.3 is 6.03 Å². The van der Waals surface area contributed by atoms with Gasteiger partial charge < -0.3 is 10.5 Å². The maximum absolute atomic E-state index is 11.5. The number of carbonyl (C=O) groups excluding carboxylic acids is 2. The predicted octanol–water partition coefficient (Wildman–Crippen LogP) is 0.0299. The minimum Gasteiger partial charge on any atom is -0.372 e. The van der Waals surface area contributed by atoms with Crippen LogP contribution in [-0.2, 0) is 18.0 Å². The van der Waals surface area contributed by atoms with Crippen LogP contribution in [0.2, 0.25) is 0 Å². The van der Waals surface area contributed by atoms with E-state index in [9.17, 15) is 9.59 Å². The summed E-state index contributed by atoms with van der Waals surface area (Å²) in [6.45, 7) is 1.09. The van der Waals surface area contributed by atoms with Crippen LogP contribution in [0, 0.1) is 0 Å². The van der Waals surface area contributed by atoms with Crippen LogP contribution in [0.3, 0.4) is 0 Å². The van der Waals surface area contributed by atoms with Gasteiger partial charge in [-0.2, -0.15) is 0 Å². The van der Waals surface area contributed by atoms with Gasteiger partial charge in [-0.15, -0.1) is 0 Å². The third-order valence-corrected chi connectivity index (χ3v) is 2.28. The number of hydrogen-bond acceptors (Lipinski definition) is 3. The molecule has 0 spiro atoms. The van der Waals surface area contributed by atoms with Crippen molar-refractivity contribution in [2.75, 3.05) is 0 Å². The van der Waals surface area contributed by atoms with Gasteiger partial charge in [0.1, 0.15) is 0 Å². The standard InChI is InChI=1S/C10H11N3O3/c11-10(15)13-12-9(14)6-1-2-7-4-16-5-8(7)3-6/h1-3H,4-5H2,(H,12,14)(H3,11,13,15). The topological polar surface area (TPSA) is 93.5 Å². The van der Waals surface area contributed by atoms with Crippen molar-refractivity contribution >= 4 is 11.9 Å². The lowest BCUT2D eigenvalue weighted by Gasteiger charge is -2.05. The molecule has 0 bridgehead atoms. The molecule has 0 fully saturated rings. The van der Waals surface area contributed by atoms with Gasteiger partial charge in [0, 0.05) is 5.56 Å². The normalized spacial score (nSPS) is 13.0. The molecule has 0 aliphatic carbocycles. The molecule has 2 rings (SSSR count). The Morgan fingerprint density at radius 3 is 2.69 bits per heavy atom. The first-order valence-electron chi connectivity index (χ1n) is 4.72. The number of nitrogens with one attached hydrogen (secondary N) is 2. The van der Waals surface area contributed by atoms with E-state index in [1.165, 1.54) is 0 Å². The number of amides is 3. The van der Waals surface area contributed by atoms with Crippen molar-refractivity contribution in [2.45, 2.75) is 13.2 Å². The number of fused-ring (bicyclic) bond motifs is 1. The minimum absolute atomic E-state index is 0.409. The van der Waals surface area contributed by atoms with Crippen LogP contribution in [-0.4, -0.2) is 11.9 Å². The van der Waals surface area contributed by atoms with Crippen LogP contribution in [0.1, 0.15) is 21.5 Å². The molecule has 1 aliphatic heterocycles. The molecule has 0 radical (unpaired) electrons. The summed E-state index contributed by atoms with van der Waals surface area (Å²) in [5.74, 6) is -0.409. The zero-order chi connectivity index (χ0) is 11.5. The summed E-state index contributed by atoms with van der Waals surface area (Å²) >= 11 is 0. The molecule has 6 heteroatoms. The smallest absolute Gasteiger partial charge is 0.330 e. The Bertz CT molecular complexity index is 445. The van der Waals surface area contributed by atoms with Crippen molar-refractivity contribution < 1.29 is 14.3 Å². The van der Waals surface area contributed by atoms with Gasteiger partial charge in [-0.25, -0.2) is 10.2 Å². The summed E-state index contributed by atoms with van der Waals surface area (Å²) < 4.78 is 5.23. The maximum atomic E-state index is 11.5. The first-order chi connectivity index (χ1) is 7.66. The van der Waals surface area contributed by atoms with Gasteiger partial charge in [0.15, 0.2) is 0 Å². The number of hydrazine groups is 1. The lowest BCUT2D eigenvalue weighted by Crippen LogP contribution is -2.44. The molecule has 4 N–H and O–H groups in total. The first-order valence-corrected chi connectivity index (χ1v) is 4.72. The number of benzene rings is 1. The second kappa shape index (κ2) is 4.19. The van der Waals surface area contributed by atoms with Gasteiger partial charge in [-0.05, 0) is 23.3 Å². The highest BCUT2D eigenvalue weighted by Crippen LogP contribution is 2.20. The van der Waals surface area contributed by atoms with Crippen molar-refractivity contribution in [1.82, 2.24) is 10.9 Å². The zero-order valence-corrected chi connectivity index (χ0v) is 8.45. The number of nitrogens with two attached hydrogens (primary N) is 1. The molecule has 0 saturated carbocycles. The summed E-state index contributed by atoms with van der Waals surface area (Å²) in [5.41, 5.74) is 11.6. The molecule has 0 atom stereocenters. The van der Waals surface area contributed by atoms with E-state index in [1.807, 2.05) is 11.5 Å². The van der Waals surface area contributed by atoms with Gasteiger partial charge in [-0.3, -0.25) is 10.2 Å². The third-order valence-electron chi connectivity index (χ3n) is 2.28. The fourth-order valence-electron chi connectivity index (χ4n) is 1.50. The molecule has 1 aromatic carbocycles. The average Bonchev–Trinajstić information content (AvgIpc) is 2.72. The Kier molecular flexibility index (Phi) is 2.74. The molecular weight excluding hydrogens is 210 g/mol. The first kappa shape index (κ1) is 10.4. The number of carbonyl (C=O) groups is 2. The Labute approximate surface area is 91.7 Å². The Hall–Kier alpha value is -2.08. The van der Waals surface area contributed by atoms with Crippen molar-refractivity contribution in [3.05, 3.63) is 34.9 Å². The second-order valence-electron chi connectivity index (χ2n) is 3.42. The van der Waals surface area contributed by atoms with Crippen LogP contribution < -0.4 is 16.6 Å². The molecule has 6 nitrogen and oxygen atoms in total. The van der Waals surface area contributed by atoms with E-state index in [0.717, 1.165) is 11.1 Å². The monoisotopic (exact) mass is 221 g/mol. The van der Waals surface area contributed by atoms with E-state index in [4.69, 9.17) is 10.5 Å². The largest absolute Gasteiger partial charge is 0.372 e. The highest BCUT2D eigenvalue weighted by Gasteiger charge is 2.14. The van der Waals surface area contributed by atoms with E-state index in [1.54, 1.807) is 12.1 Å². The quantitative estimate of drug-likeness (QED) is 0.584. The molecule has 16 heavy (non-hydrogen) atoms. The predicted molar refractivity (Wildman–Crippen MR) is 55.1 cm³/mol. The Morgan fingerprint density at radius 2 is 1.94 bits per heavy atom. The van der Waals surface area contributed by atoms with E-state index in [0.29, 0.717) is 18.8 Å². The second-order valence-corrected chi connectivity index (χ2v) is 3.42. The molecule has 0 unspecified atom stereocenters. The summed E-state index contributed by atoms with van der Waals surface area (Å²) in [6, 6.07) is 4.44. The number of rotatable bonds is 1. The number of ether oxygens (including phenoxy) is 1. The van der Waals surface area contributed by atoms with Crippen LogP contribution >= 0.6 is 0 Å². The van der Waals surface area contributed by atoms with E-state index >= 15 is 0 Å². The number of primary amides is 1. The van der Waals surface area contributed by atoms with E-state index in [2.05, 4.69) is 5.43 Å². The summed E-state index contributed by atoms with van der Waals surface area (Å²) in [6.07, 6.45) is 0. The Morgan fingerprint density at radius 1 is 1.19 bits per heavy atom. The van der Waals surface area contributed by atoms with E-state index < -0.39 is 11.9 Å². The molecule has 1 heterocycles. The zero-order valence-electron chi connectivity index (χ0n) is 8.45. The van der Waals surface area contributed by atoms with Crippen LogP contribution in [0.5, 0.6) is 0 Å². The minimum atomic E-state index is -0.808. The van der Waals surface area contributed by atoms with Gasteiger partial charge in [-0.1, -0.05) is 6.07 Å². The van der Waals surface area contributed by atoms with Gasteiger partial charge in [0.2, 0.25) is 0 Å².